The maximum atomic E-state index is 11.4. The number of hydrogen-bond acceptors (Lipinski definition) is 5. The van der Waals surface area contributed by atoms with Crippen LogP contribution in [0.1, 0.15) is 24.5 Å². The summed E-state index contributed by atoms with van der Waals surface area (Å²) in [6.45, 7) is 2.57. The lowest BCUT2D eigenvalue weighted by Gasteiger charge is -2.49. The number of nitrogens with one attached hydrogen (secondary N) is 1. The lowest BCUT2D eigenvalue weighted by molar-refractivity contribution is 0.0306. The highest BCUT2D eigenvalue weighted by molar-refractivity contribution is 7.88. The van der Waals surface area contributed by atoms with Gasteiger partial charge in [-0.2, -0.15) is 5.10 Å². The van der Waals surface area contributed by atoms with Crippen LogP contribution in [-0.4, -0.2) is 55.0 Å². The number of fused-ring (bicyclic) bond motifs is 3. The number of piperidine rings is 3. The van der Waals surface area contributed by atoms with E-state index in [1.165, 1.54) is 23.2 Å². The Morgan fingerprint density at radius 3 is 2.92 bits per heavy atom. The van der Waals surface area contributed by atoms with Crippen molar-refractivity contribution >= 4 is 21.4 Å². The molecule has 6 nitrogen and oxygen atoms in total. The summed E-state index contributed by atoms with van der Waals surface area (Å²) >= 11 is 1.72. The molecule has 5 rings (SSSR count). The van der Waals surface area contributed by atoms with Gasteiger partial charge in [0.25, 0.3) is 0 Å². The largest absolute Gasteiger partial charge is 0.298 e. The molecule has 0 aliphatic carbocycles. The molecule has 0 saturated carbocycles. The first kappa shape index (κ1) is 17.2. The van der Waals surface area contributed by atoms with E-state index in [2.05, 4.69) is 33.2 Å². The number of thiophene rings is 1. The van der Waals surface area contributed by atoms with Gasteiger partial charge < -0.3 is 0 Å². The molecule has 1 N–H and O–H groups in total. The molecule has 0 radical (unpaired) electrons. The van der Waals surface area contributed by atoms with Gasteiger partial charge in [0.15, 0.2) is 0 Å². The second-order valence-corrected chi connectivity index (χ2v) is 10.00. The smallest absolute Gasteiger partial charge is 0.208 e. The number of rotatable bonds is 5. The minimum atomic E-state index is -3.12. The van der Waals surface area contributed by atoms with Crippen LogP contribution in [0.5, 0.6) is 0 Å². The minimum Gasteiger partial charge on any atom is -0.298 e. The summed E-state index contributed by atoms with van der Waals surface area (Å²) in [7, 11) is -1.09. The molecule has 3 aliphatic heterocycles. The summed E-state index contributed by atoms with van der Waals surface area (Å²) in [5.74, 6) is 1.08. The molecule has 3 saturated heterocycles. The highest BCUT2D eigenvalue weighted by Crippen LogP contribution is 2.42. The Labute approximate surface area is 152 Å². The van der Waals surface area contributed by atoms with Crippen LogP contribution in [0.15, 0.2) is 23.6 Å². The van der Waals surface area contributed by atoms with Crippen molar-refractivity contribution in [3.8, 4) is 10.6 Å². The van der Waals surface area contributed by atoms with Crippen LogP contribution in [0.3, 0.4) is 0 Å². The molecule has 0 aromatic carbocycles. The van der Waals surface area contributed by atoms with Gasteiger partial charge >= 0.3 is 0 Å². The van der Waals surface area contributed by atoms with Gasteiger partial charge in [-0.3, -0.25) is 9.58 Å². The third-order valence-corrected chi connectivity index (χ3v) is 7.11. The van der Waals surface area contributed by atoms with Crippen LogP contribution in [0.25, 0.3) is 10.6 Å². The molecule has 5 heterocycles. The van der Waals surface area contributed by atoms with E-state index in [4.69, 9.17) is 5.10 Å². The van der Waals surface area contributed by atoms with Crippen LogP contribution in [-0.2, 0) is 17.1 Å². The molecular formula is C17H24N4O2S2. The third-order valence-electron chi connectivity index (χ3n) is 5.53. The van der Waals surface area contributed by atoms with E-state index in [0.717, 1.165) is 25.2 Å². The Morgan fingerprint density at radius 2 is 2.28 bits per heavy atom. The minimum absolute atomic E-state index is 0.315. The lowest BCUT2D eigenvalue weighted by atomic mass is 9.74. The van der Waals surface area contributed by atoms with E-state index in [-0.39, 0.29) is 0 Å². The first-order valence-electron chi connectivity index (χ1n) is 8.67. The molecule has 0 amide bonds. The molecule has 2 aromatic heterocycles. The molecule has 136 valence electrons. The Balaban J connectivity index is 1.51. The van der Waals surface area contributed by atoms with Crippen molar-refractivity contribution in [3.05, 3.63) is 29.3 Å². The molecule has 1 unspecified atom stereocenters. The summed E-state index contributed by atoms with van der Waals surface area (Å²) in [5.41, 5.74) is 2.35. The van der Waals surface area contributed by atoms with Crippen molar-refractivity contribution in [2.24, 2.45) is 13.0 Å². The number of aryl methyl sites for hydroxylation is 1. The number of hydrogen-bond donors (Lipinski definition) is 1. The molecule has 8 heteroatoms. The van der Waals surface area contributed by atoms with Crippen LogP contribution in [0, 0.1) is 5.92 Å². The normalized spacial score (nSPS) is 29.2. The van der Waals surface area contributed by atoms with E-state index in [1.807, 2.05) is 11.7 Å². The van der Waals surface area contributed by atoms with E-state index >= 15 is 0 Å². The first-order chi connectivity index (χ1) is 11.9. The van der Waals surface area contributed by atoms with Crippen molar-refractivity contribution in [1.82, 2.24) is 19.4 Å². The quantitative estimate of drug-likeness (QED) is 0.860. The Bertz CT molecular complexity index is 844. The molecule has 25 heavy (non-hydrogen) atoms. The molecule has 0 spiro atoms. The highest BCUT2D eigenvalue weighted by atomic mass is 32.2. The molecular weight excluding hydrogens is 356 g/mol. The fourth-order valence-corrected chi connectivity index (χ4v) is 5.48. The Kier molecular flexibility index (Phi) is 4.47. The molecule has 4 atom stereocenters. The molecule has 2 aromatic rings. The topological polar surface area (TPSA) is 67.2 Å². The second-order valence-electron chi connectivity index (χ2n) is 7.22. The van der Waals surface area contributed by atoms with E-state index in [0.29, 0.717) is 24.4 Å². The van der Waals surface area contributed by atoms with Crippen molar-refractivity contribution in [2.75, 3.05) is 25.9 Å². The van der Waals surface area contributed by atoms with Gasteiger partial charge in [0.05, 0.1) is 11.1 Å². The van der Waals surface area contributed by atoms with Crippen LogP contribution in [0.2, 0.25) is 0 Å². The van der Waals surface area contributed by atoms with E-state index < -0.39 is 10.0 Å². The fraction of sp³-hybridized carbons (Fsp3) is 0.588. The van der Waals surface area contributed by atoms with Crippen molar-refractivity contribution in [1.29, 1.82) is 0 Å². The first-order valence-corrected chi connectivity index (χ1v) is 11.4. The van der Waals surface area contributed by atoms with Crippen molar-refractivity contribution < 1.29 is 8.42 Å². The zero-order chi connectivity index (χ0) is 17.6. The summed E-state index contributed by atoms with van der Waals surface area (Å²) in [4.78, 5) is 3.65. The van der Waals surface area contributed by atoms with Gasteiger partial charge in [-0.25, -0.2) is 13.1 Å². The third kappa shape index (κ3) is 3.53. The van der Waals surface area contributed by atoms with Gasteiger partial charge in [0, 0.05) is 37.8 Å². The van der Waals surface area contributed by atoms with Crippen molar-refractivity contribution in [3.63, 3.8) is 0 Å². The Morgan fingerprint density at radius 1 is 1.44 bits per heavy atom. The van der Waals surface area contributed by atoms with Crippen LogP contribution >= 0.6 is 11.3 Å². The van der Waals surface area contributed by atoms with Crippen LogP contribution in [0.4, 0.5) is 0 Å². The van der Waals surface area contributed by atoms with Gasteiger partial charge in [-0.1, -0.05) is 6.07 Å². The maximum absolute atomic E-state index is 11.4. The van der Waals surface area contributed by atoms with Gasteiger partial charge in [0.2, 0.25) is 10.0 Å². The van der Waals surface area contributed by atoms with Gasteiger partial charge in [0.1, 0.15) is 5.69 Å². The summed E-state index contributed by atoms with van der Waals surface area (Å²) in [6.07, 6.45) is 3.46. The maximum Gasteiger partial charge on any atom is 0.208 e. The SMILES string of the molecule is Cn1nc(-c2cccs2)cc1[C@H]1CN2CC[C@H]1C[C@@H]2CNS(C)(=O)=O. The standard InChI is InChI=1S/C17H24N4O2S2/c1-20-16(9-15(19-20)17-4-3-7-24-17)14-11-21-6-5-12(14)8-13(21)10-18-25(2,22)23/h3-4,7,9,12-14,18H,5-6,8,10-11H2,1-2H3/t12-,13+,14-/m0/s1. The summed E-state index contributed by atoms with van der Waals surface area (Å²) < 4.78 is 27.5. The molecule has 3 aliphatic rings. The van der Waals surface area contributed by atoms with Crippen molar-refractivity contribution in [2.45, 2.75) is 24.8 Å². The van der Waals surface area contributed by atoms with Gasteiger partial charge in [-0.15, -0.1) is 11.3 Å². The zero-order valence-electron chi connectivity index (χ0n) is 14.6. The predicted molar refractivity (Wildman–Crippen MR) is 100 cm³/mol. The predicted octanol–water partition coefficient (Wildman–Crippen LogP) is 1.88. The fourth-order valence-electron chi connectivity index (χ4n) is 4.31. The zero-order valence-corrected chi connectivity index (χ0v) is 16.2. The summed E-state index contributed by atoms with van der Waals surface area (Å²) in [6, 6.07) is 6.72. The van der Waals surface area contributed by atoms with Crippen LogP contribution < -0.4 is 4.72 Å². The van der Waals surface area contributed by atoms with E-state index in [9.17, 15) is 8.42 Å². The average Bonchev–Trinajstić information content (AvgIpc) is 3.22. The number of aromatic nitrogens is 2. The Hall–Kier alpha value is -1.22. The summed E-state index contributed by atoms with van der Waals surface area (Å²) in [5, 5.41) is 6.80. The van der Waals surface area contributed by atoms with E-state index in [1.54, 1.807) is 11.3 Å². The number of nitrogens with zero attached hydrogens (tertiary/aromatic N) is 3. The monoisotopic (exact) mass is 380 g/mol. The highest BCUT2D eigenvalue weighted by Gasteiger charge is 2.41. The molecule has 3 fully saturated rings. The second kappa shape index (κ2) is 6.50. The molecule has 2 bridgehead atoms. The average molecular weight is 381 g/mol. The lowest BCUT2D eigenvalue weighted by Crippen LogP contribution is -2.56. The van der Waals surface area contributed by atoms with Gasteiger partial charge in [-0.05, 0) is 42.8 Å². The number of sulfonamides is 1.